The van der Waals surface area contributed by atoms with E-state index in [1.54, 1.807) is 12.1 Å². The summed E-state index contributed by atoms with van der Waals surface area (Å²) in [6, 6.07) is 5.74. The first-order chi connectivity index (χ1) is 9.08. The number of rotatable bonds is 7. The predicted octanol–water partition coefficient (Wildman–Crippen LogP) is 3.44. The standard InChI is InChI=1S/C15H24N2O2/c1-4-5-6-7-11(2)17-12-8-9-14(16)13(10-12)15(18)19-3/h8-11,17H,4-7,16H2,1-3H3. The van der Waals surface area contributed by atoms with Crippen LogP contribution >= 0.6 is 0 Å². The number of hydrogen-bond donors (Lipinski definition) is 2. The molecule has 1 unspecified atom stereocenters. The van der Waals surface area contributed by atoms with Gasteiger partial charge in [0.05, 0.1) is 12.7 Å². The fourth-order valence-corrected chi connectivity index (χ4v) is 1.99. The van der Waals surface area contributed by atoms with Gasteiger partial charge in [-0.3, -0.25) is 0 Å². The van der Waals surface area contributed by atoms with E-state index in [-0.39, 0.29) is 0 Å². The average molecular weight is 264 g/mol. The number of carbonyl (C=O) groups is 1. The van der Waals surface area contributed by atoms with Gasteiger partial charge in [0.15, 0.2) is 0 Å². The maximum Gasteiger partial charge on any atom is 0.340 e. The maximum atomic E-state index is 11.6. The Kier molecular flexibility index (Phi) is 6.19. The third kappa shape index (κ3) is 4.81. The third-order valence-corrected chi connectivity index (χ3v) is 3.11. The van der Waals surface area contributed by atoms with Crippen molar-refractivity contribution in [2.75, 3.05) is 18.2 Å². The molecule has 0 aliphatic rings. The zero-order chi connectivity index (χ0) is 14.3. The summed E-state index contributed by atoms with van der Waals surface area (Å²) in [5.74, 6) is -0.403. The fourth-order valence-electron chi connectivity index (χ4n) is 1.99. The molecule has 0 aliphatic carbocycles. The number of nitrogens with two attached hydrogens (primary N) is 1. The van der Waals surface area contributed by atoms with Crippen molar-refractivity contribution in [2.45, 2.75) is 45.6 Å². The summed E-state index contributed by atoms with van der Waals surface area (Å²) in [5, 5.41) is 3.38. The lowest BCUT2D eigenvalue weighted by atomic mass is 10.1. The van der Waals surface area contributed by atoms with Crippen molar-refractivity contribution in [3.8, 4) is 0 Å². The number of unbranched alkanes of at least 4 members (excludes halogenated alkanes) is 2. The summed E-state index contributed by atoms with van der Waals surface area (Å²) >= 11 is 0. The molecule has 19 heavy (non-hydrogen) atoms. The first kappa shape index (κ1) is 15.3. The summed E-state index contributed by atoms with van der Waals surface area (Å²) in [5.41, 5.74) is 7.52. The van der Waals surface area contributed by atoms with Gasteiger partial charge in [0.1, 0.15) is 0 Å². The fraction of sp³-hybridized carbons (Fsp3) is 0.533. The zero-order valence-corrected chi connectivity index (χ0v) is 12.0. The van der Waals surface area contributed by atoms with Crippen LogP contribution in [-0.4, -0.2) is 19.1 Å². The van der Waals surface area contributed by atoms with Crippen LogP contribution in [0.2, 0.25) is 0 Å². The predicted molar refractivity (Wildman–Crippen MR) is 79.4 cm³/mol. The van der Waals surface area contributed by atoms with E-state index in [0.717, 1.165) is 12.1 Å². The Bertz CT molecular complexity index is 419. The number of esters is 1. The van der Waals surface area contributed by atoms with Gasteiger partial charge in [-0.1, -0.05) is 26.2 Å². The van der Waals surface area contributed by atoms with Gasteiger partial charge in [0, 0.05) is 17.4 Å². The molecule has 4 nitrogen and oxygen atoms in total. The SMILES string of the molecule is CCCCCC(C)Nc1ccc(N)c(C(=O)OC)c1. The molecule has 0 bridgehead atoms. The number of anilines is 2. The minimum absolute atomic E-state index is 0.376. The largest absolute Gasteiger partial charge is 0.465 e. The van der Waals surface area contributed by atoms with Crippen molar-refractivity contribution in [1.82, 2.24) is 0 Å². The highest BCUT2D eigenvalue weighted by atomic mass is 16.5. The van der Waals surface area contributed by atoms with Crippen LogP contribution < -0.4 is 11.1 Å². The second-order valence-corrected chi connectivity index (χ2v) is 4.83. The van der Waals surface area contributed by atoms with E-state index in [4.69, 9.17) is 10.5 Å². The van der Waals surface area contributed by atoms with Gasteiger partial charge in [-0.2, -0.15) is 0 Å². The van der Waals surface area contributed by atoms with Crippen molar-refractivity contribution >= 4 is 17.3 Å². The topological polar surface area (TPSA) is 64.3 Å². The van der Waals surface area contributed by atoms with Gasteiger partial charge in [0.2, 0.25) is 0 Å². The molecule has 3 N–H and O–H groups in total. The molecule has 0 aliphatic heterocycles. The zero-order valence-electron chi connectivity index (χ0n) is 12.0. The molecular formula is C15H24N2O2. The summed E-state index contributed by atoms with van der Waals surface area (Å²) in [4.78, 5) is 11.6. The van der Waals surface area contributed by atoms with Crippen LogP contribution in [0.5, 0.6) is 0 Å². The molecular weight excluding hydrogens is 240 g/mol. The minimum atomic E-state index is -0.403. The highest BCUT2D eigenvalue weighted by Gasteiger charge is 2.11. The number of carbonyl (C=O) groups excluding carboxylic acids is 1. The molecule has 0 fully saturated rings. The van der Waals surface area contributed by atoms with E-state index in [0.29, 0.717) is 17.3 Å². The van der Waals surface area contributed by atoms with Crippen LogP contribution in [0.1, 0.15) is 49.9 Å². The van der Waals surface area contributed by atoms with Gasteiger partial charge in [0.25, 0.3) is 0 Å². The Morgan fingerprint density at radius 1 is 1.42 bits per heavy atom. The number of nitrogens with one attached hydrogen (secondary N) is 1. The van der Waals surface area contributed by atoms with Crippen LogP contribution in [0.25, 0.3) is 0 Å². The van der Waals surface area contributed by atoms with Gasteiger partial charge in [-0.15, -0.1) is 0 Å². The van der Waals surface area contributed by atoms with E-state index < -0.39 is 5.97 Å². The van der Waals surface area contributed by atoms with Gasteiger partial charge >= 0.3 is 5.97 Å². The van der Waals surface area contributed by atoms with Crippen LogP contribution in [-0.2, 0) is 4.74 Å². The van der Waals surface area contributed by atoms with Crippen molar-refractivity contribution in [2.24, 2.45) is 0 Å². The molecule has 0 radical (unpaired) electrons. The number of hydrogen-bond acceptors (Lipinski definition) is 4. The Morgan fingerprint density at radius 2 is 2.16 bits per heavy atom. The Hall–Kier alpha value is -1.71. The molecule has 1 aromatic carbocycles. The molecule has 106 valence electrons. The first-order valence-electron chi connectivity index (χ1n) is 6.82. The van der Waals surface area contributed by atoms with Crippen LogP contribution in [0, 0.1) is 0 Å². The van der Waals surface area contributed by atoms with E-state index in [1.165, 1.54) is 26.4 Å². The van der Waals surface area contributed by atoms with Crippen molar-refractivity contribution in [3.05, 3.63) is 23.8 Å². The monoisotopic (exact) mass is 264 g/mol. The average Bonchev–Trinajstić information content (AvgIpc) is 2.40. The molecule has 1 atom stereocenters. The summed E-state index contributed by atoms with van der Waals surface area (Å²) in [7, 11) is 1.36. The molecule has 0 saturated carbocycles. The van der Waals surface area contributed by atoms with E-state index in [9.17, 15) is 4.79 Å². The molecule has 0 aromatic heterocycles. The Balaban J connectivity index is 2.66. The highest BCUT2D eigenvalue weighted by Crippen LogP contribution is 2.20. The number of ether oxygens (including phenoxy) is 1. The number of benzene rings is 1. The summed E-state index contributed by atoms with van der Waals surface area (Å²) < 4.78 is 4.71. The number of nitrogen functional groups attached to an aromatic ring is 1. The van der Waals surface area contributed by atoms with Crippen molar-refractivity contribution in [1.29, 1.82) is 0 Å². The van der Waals surface area contributed by atoms with Crippen LogP contribution in [0.15, 0.2) is 18.2 Å². The molecule has 0 spiro atoms. The van der Waals surface area contributed by atoms with Gasteiger partial charge in [-0.05, 0) is 31.5 Å². The first-order valence-corrected chi connectivity index (χ1v) is 6.82. The third-order valence-electron chi connectivity index (χ3n) is 3.11. The van der Waals surface area contributed by atoms with E-state index in [2.05, 4.69) is 19.2 Å². The lowest BCUT2D eigenvalue weighted by Gasteiger charge is -2.16. The summed E-state index contributed by atoms with van der Waals surface area (Å²) in [6.07, 6.45) is 4.80. The molecule has 4 heteroatoms. The smallest absolute Gasteiger partial charge is 0.340 e. The molecule has 0 saturated heterocycles. The molecule has 1 rings (SSSR count). The van der Waals surface area contributed by atoms with Crippen molar-refractivity contribution in [3.63, 3.8) is 0 Å². The maximum absolute atomic E-state index is 11.6. The second-order valence-electron chi connectivity index (χ2n) is 4.83. The van der Waals surface area contributed by atoms with Gasteiger partial charge < -0.3 is 15.8 Å². The van der Waals surface area contributed by atoms with Crippen molar-refractivity contribution < 1.29 is 9.53 Å². The number of methoxy groups -OCH3 is 1. The highest BCUT2D eigenvalue weighted by molar-refractivity contribution is 5.96. The van der Waals surface area contributed by atoms with E-state index >= 15 is 0 Å². The lowest BCUT2D eigenvalue weighted by molar-refractivity contribution is 0.0602. The minimum Gasteiger partial charge on any atom is -0.465 e. The molecule has 1 aromatic rings. The molecule has 0 heterocycles. The van der Waals surface area contributed by atoms with E-state index in [1.807, 2.05) is 6.07 Å². The van der Waals surface area contributed by atoms with Gasteiger partial charge in [-0.25, -0.2) is 4.79 Å². The quantitative estimate of drug-likeness (QED) is 0.450. The lowest BCUT2D eigenvalue weighted by Crippen LogP contribution is -2.15. The van der Waals surface area contributed by atoms with Crippen LogP contribution in [0.3, 0.4) is 0 Å². The summed E-state index contributed by atoms with van der Waals surface area (Å²) in [6.45, 7) is 4.34. The normalized spacial score (nSPS) is 11.9. The Labute approximate surface area is 115 Å². The Morgan fingerprint density at radius 3 is 2.79 bits per heavy atom. The molecule has 0 amide bonds. The van der Waals surface area contributed by atoms with Crippen LogP contribution in [0.4, 0.5) is 11.4 Å². The second kappa shape index (κ2) is 7.67.